The van der Waals surface area contributed by atoms with Crippen LogP contribution in [0, 0.1) is 5.92 Å². The Balaban J connectivity index is 1.25. The Bertz CT molecular complexity index is 1110. The van der Waals surface area contributed by atoms with Crippen LogP contribution in [-0.4, -0.2) is 56.0 Å². The van der Waals surface area contributed by atoms with Crippen LogP contribution >= 0.6 is 0 Å². The van der Waals surface area contributed by atoms with Crippen LogP contribution in [0.25, 0.3) is 11.1 Å². The van der Waals surface area contributed by atoms with Crippen LogP contribution in [0.2, 0.25) is 0 Å². The molecular weight excluding hydrogens is 482 g/mol. The van der Waals surface area contributed by atoms with Crippen LogP contribution in [0.15, 0.2) is 78.9 Å². The van der Waals surface area contributed by atoms with Crippen LogP contribution in [-0.2, 0) is 17.9 Å². The highest BCUT2D eigenvalue weighted by Gasteiger charge is 2.19. The molecular formula is C34H45N3O2. The van der Waals surface area contributed by atoms with Crippen LogP contribution in [0.5, 0.6) is 5.75 Å². The van der Waals surface area contributed by atoms with Gasteiger partial charge in [0.1, 0.15) is 12.4 Å². The largest absolute Gasteiger partial charge is 0.492 e. The number of hydrogen-bond acceptors (Lipinski definition) is 4. The van der Waals surface area contributed by atoms with Gasteiger partial charge in [0.25, 0.3) is 0 Å². The molecule has 1 N–H and O–H groups in total. The number of amides is 1. The summed E-state index contributed by atoms with van der Waals surface area (Å²) >= 11 is 0. The van der Waals surface area contributed by atoms with Gasteiger partial charge in [0, 0.05) is 39.1 Å². The van der Waals surface area contributed by atoms with Crippen molar-refractivity contribution in [2.45, 2.75) is 51.6 Å². The number of likely N-dealkylation sites (N-methyl/N-ethyl adjacent to an activating group) is 1. The van der Waals surface area contributed by atoms with E-state index in [0.29, 0.717) is 25.5 Å². The Hall–Kier alpha value is -3.15. The van der Waals surface area contributed by atoms with Gasteiger partial charge in [-0.1, -0.05) is 92.4 Å². The van der Waals surface area contributed by atoms with E-state index in [0.717, 1.165) is 44.3 Å². The highest BCUT2D eigenvalue weighted by atomic mass is 16.5. The van der Waals surface area contributed by atoms with Crippen molar-refractivity contribution in [3.05, 3.63) is 90.0 Å². The Morgan fingerprint density at radius 1 is 0.846 bits per heavy atom. The molecule has 3 aromatic carbocycles. The minimum atomic E-state index is 0.295. The van der Waals surface area contributed by atoms with Crippen LogP contribution < -0.4 is 10.1 Å². The van der Waals surface area contributed by atoms with Crippen molar-refractivity contribution in [2.75, 3.05) is 40.3 Å². The predicted octanol–water partition coefficient (Wildman–Crippen LogP) is 6.38. The summed E-state index contributed by atoms with van der Waals surface area (Å²) in [6.45, 7) is 4.59. The van der Waals surface area contributed by atoms with E-state index in [1.54, 1.807) is 0 Å². The van der Waals surface area contributed by atoms with E-state index in [1.165, 1.54) is 47.9 Å². The van der Waals surface area contributed by atoms with E-state index in [-0.39, 0.29) is 0 Å². The second-order valence-electron chi connectivity index (χ2n) is 11.0. The Kier molecular flexibility index (Phi) is 11.4. The molecule has 5 heteroatoms. The second kappa shape index (κ2) is 15.4. The first kappa shape index (κ1) is 28.8. The number of para-hydroxylation sites is 1. The zero-order valence-electron chi connectivity index (χ0n) is 23.8. The van der Waals surface area contributed by atoms with Gasteiger partial charge >= 0.3 is 0 Å². The zero-order chi connectivity index (χ0) is 27.3. The van der Waals surface area contributed by atoms with E-state index >= 15 is 0 Å². The summed E-state index contributed by atoms with van der Waals surface area (Å²) in [5.74, 6) is 1.95. The normalized spacial score (nSPS) is 13.6. The molecule has 39 heavy (non-hydrogen) atoms. The monoisotopic (exact) mass is 527 g/mol. The molecule has 3 aromatic rings. The van der Waals surface area contributed by atoms with Crippen LogP contribution in [0.3, 0.4) is 0 Å². The molecule has 0 radical (unpaired) electrons. The van der Waals surface area contributed by atoms with Gasteiger partial charge in [-0.05, 0) is 60.8 Å². The standard InChI is InChI=1S/C34H45N3O2/c1-36(2)23-24-37(34(38)21-16-28-8-6-7-9-28)27-30-14-19-32(20-15-30)31-17-12-29(13-18-31)26-35-22-25-39-33-10-4-3-5-11-33/h3-5,10-15,17-20,28,35H,6-9,16,21-27H2,1-2H3. The molecule has 1 amide bonds. The fraction of sp³-hybridized carbons (Fsp3) is 0.441. The molecule has 208 valence electrons. The van der Waals surface area contributed by atoms with Crippen molar-refractivity contribution in [2.24, 2.45) is 5.92 Å². The fourth-order valence-electron chi connectivity index (χ4n) is 5.23. The first-order valence-electron chi connectivity index (χ1n) is 14.6. The van der Waals surface area contributed by atoms with Gasteiger partial charge in [-0.2, -0.15) is 0 Å². The molecule has 0 unspecified atom stereocenters. The Morgan fingerprint density at radius 2 is 1.49 bits per heavy atom. The molecule has 0 heterocycles. The third-order valence-corrected chi connectivity index (χ3v) is 7.65. The molecule has 0 spiro atoms. The Morgan fingerprint density at radius 3 is 2.13 bits per heavy atom. The molecule has 0 aliphatic heterocycles. The first-order chi connectivity index (χ1) is 19.1. The van der Waals surface area contributed by atoms with E-state index < -0.39 is 0 Å². The van der Waals surface area contributed by atoms with Crippen molar-refractivity contribution in [1.29, 1.82) is 0 Å². The minimum Gasteiger partial charge on any atom is -0.492 e. The number of ether oxygens (including phenoxy) is 1. The maximum absolute atomic E-state index is 13.1. The van der Waals surface area contributed by atoms with Crippen molar-refractivity contribution in [3.63, 3.8) is 0 Å². The quantitative estimate of drug-likeness (QED) is 0.233. The summed E-state index contributed by atoms with van der Waals surface area (Å²) in [5, 5.41) is 3.45. The van der Waals surface area contributed by atoms with Gasteiger partial charge in [0.05, 0.1) is 0 Å². The Labute approximate surface area is 235 Å². The lowest BCUT2D eigenvalue weighted by molar-refractivity contribution is -0.132. The summed E-state index contributed by atoms with van der Waals surface area (Å²) in [7, 11) is 4.13. The highest BCUT2D eigenvalue weighted by molar-refractivity contribution is 5.76. The average molecular weight is 528 g/mol. The molecule has 0 saturated heterocycles. The van der Waals surface area contributed by atoms with Gasteiger partial charge in [0.15, 0.2) is 0 Å². The molecule has 0 aromatic heterocycles. The van der Waals surface area contributed by atoms with Gasteiger partial charge in [0.2, 0.25) is 5.91 Å². The van der Waals surface area contributed by atoms with E-state index in [4.69, 9.17) is 4.74 Å². The summed E-state index contributed by atoms with van der Waals surface area (Å²) in [5.41, 5.74) is 4.84. The van der Waals surface area contributed by atoms with Gasteiger partial charge in [-0.15, -0.1) is 0 Å². The summed E-state index contributed by atoms with van der Waals surface area (Å²) in [4.78, 5) is 17.3. The topological polar surface area (TPSA) is 44.8 Å². The number of nitrogens with one attached hydrogen (secondary N) is 1. The number of benzene rings is 3. The van der Waals surface area contributed by atoms with E-state index in [9.17, 15) is 4.79 Å². The molecule has 0 atom stereocenters. The molecule has 1 aliphatic rings. The molecule has 1 fully saturated rings. The van der Waals surface area contributed by atoms with Crippen molar-refractivity contribution in [3.8, 4) is 16.9 Å². The lowest BCUT2D eigenvalue weighted by Gasteiger charge is -2.25. The summed E-state index contributed by atoms with van der Waals surface area (Å²) < 4.78 is 5.74. The number of rotatable bonds is 15. The lowest BCUT2D eigenvalue weighted by Crippen LogP contribution is -2.36. The maximum Gasteiger partial charge on any atom is 0.222 e. The highest BCUT2D eigenvalue weighted by Crippen LogP contribution is 2.29. The number of hydrogen-bond donors (Lipinski definition) is 1. The molecule has 4 rings (SSSR count). The van der Waals surface area contributed by atoms with Crippen molar-refractivity contribution in [1.82, 2.24) is 15.1 Å². The second-order valence-corrected chi connectivity index (χ2v) is 11.0. The van der Waals surface area contributed by atoms with Crippen LogP contribution in [0.4, 0.5) is 0 Å². The first-order valence-corrected chi connectivity index (χ1v) is 14.6. The fourth-order valence-corrected chi connectivity index (χ4v) is 5.23. The third kappa shape index (κ3) is 9.83. The third-order valence-electron chi connectivity index (χ3n) is 7.65. The van der Waals surface area contributed by atoms with E-state index in [2.05, 4.69) is 77.7 Å². The molecule has 1 saturated carbocycles. The van der Waals surface area contributed by atoms with Gasteiger partial charge < -0.3 is 19.9 Å². The SMILES string of the molecule is CN(C)CCN(Cc1ccc(-c2ccc(CNCCOc3ccccc3)cc2)cc1)C(=O)CCC1CCCC1. The number of carbonyl (C=O) groups excluding carboxylic acids is 1. The van der Waals surface area contributed by atoms with Gasteiger partial charge in [-0.3, -0.25) is 4.79 Å². The summed E-state index contributed by atoms with van der Waals surface area (Å²) in [6, 6.07) is 27.3. The summed E-state index contributed by atoms with van der Waals surface area (Å²) in [6.07, 6.45) is 6.99. The molecule has 1 aliphatic carbocycles. The number of carbonyl (C=O) groups is 1. The van der Waals surface area contributed by atoms with Crippen molar-refractivity contribution >= 4 is 5.91 Å². The zero-order valence-corrected chi connectivity index (χ0v) is 23.8. The predicted molar refractivity (Wildman–Crippen MR) is 161 cm³/mol. The minimum absolute atomic E-state index is 0.295. The van der Waals surface area contributed by atoms with E-state index in [1.807, 2.05) is 30.3 Å². The van der Waals surface area contributed by atoms with Crippen LogP contribution in [0.1, 0.15) is 49.7 Å². The molecule has 5 nitrogen and oxygen atoms in total. The average Bonchev–Trinajstić information content (AvgIpc) is 3.49. The number of nitrogens with zero attached hydrogens (tertiary/aromatic N) is 2. The maximum atomic E-state index is 13.1. The lowest BCUT2D eigenvalue weighted by atomic mass is 10.0. The smallest absolute Gasteiger partial charge is 0.222 e. The molecule has 0 bridgehead atoms. The van der Waals surface area contributed by atoms with Gasteiger partial charge in [-0.25, -0.2) is 0 Å². The van der Waals surface area contributed by atoms with Crippen molar-refractivity contribution < 1.29 is 9.53 Å².